The highest BCUT2D eigenvalue weighted by Crippen LogP contribution is 2.34. The molecule has 1 aliphatic heterocycles. The van der Waals surface area contributed by atoms with Crippen molar-refractivity contribution in [3.8, 4) is 0 Å². The summed E-state index contributed by atoms with van der Waals surface area (Å²) in [6.07, 6.45) is 1.22. The molecule has 1 atom stereocenters. The van der Waals surface area contributed by atoms with Crippen LogP contribution in [0.1, 0.15) is 66.0 Å². The number of benzene rings is 1. The third-order valence-corrected chi connectivity index (χ3v) is 5.97. The first kappa shape index (κ1) is 19.5. The van der Waals surface area contributed by atoms with Crippen molar-refractivity contribution in [2.45, 2.75) is 71.8 Å². The Hall–Kier alpha value is -0.860. The maximum atomic E-state index is 5.51. The summed E-state index contributed by atoms with van der Waals surface area (Å²) in [5, 5.41) is 0. The number of ether oxygens (including phenoxy) is 1. The molecule has 136 valence electrons. The van der Waals surface area contributed by atoms with Gasteiger partial charge in [0.2, 0.25) is 0 Å². The molecule has 1 fully saturated rings. The van der Waals surface area contributed by atoms with Gasteiger partial charge in [0, 0.05) is 24.5 Å². The quantitative estimate of drug-likeness (QED) is 0.726. The molecular weight excluding hydrogens is 294 g/mol. The van der Waals surface area contributed by atoms with Crippen LogP contribution in [0.2, 0.25) is 0 Å². The van der Waals surface area contributed by atoms with E-state index in [1.54, 1.807) is 0 Å². The molecule has 0 radical (unpaired) electrons. The first-order chi connectivity index (χ1) is 11.1. The number of hydrogen-bond donors (Lipinski definition) is 0. The van der Waals surface area contributed by atoms with Crippen LogP contribution in [0.15, 0.2) is 24.3 Å². The summed E-state index contributed by atoms with van der Waals surface area (Å²) in [7, 11) is 0. The Morgan fingerprint density at radius 1 is 0.917 bits per heavy atom. The van der Waals surface area contributed by atoms with Crippen molar-refractivity contribution in [2.75, 3.05) is 26.3 Å². The van der Waals surface area contributed by atoms with E-state index >= 15 is 0 Å². The van der Waals surface area contributed by atoms with E-state index in [0.29, 0.717) is 6.04 Å². The van der Waals surface area contributed by atoms with Crippen LogP contribution in [0.4, 0.5) is 0 Å². The molecule has 0 aliphatic carbocycles. The Kier molecular flexibility index (Phi) is 6.14. The number of rotatable bonds is 6. The summed E-state index contributed by atoms with van der Waals surface area (Å²) in [5.74, 6) is 0.720. The van der Waals surface area contributed by atoms with Gasteiger partial charge in [0.25, 0.3) is 0 Å². The van der Waals surface area contributed by atoms with Crippen LogP contribution in [0.3, 0.4) is 0 Å². The largest absolute Gasteiger partial charge is 0.379 e. The zero-order valence-electron chi connectivity index (χ0n) is 16.9. The minimum absolute atomic E-state index is 0.137. The Labute approximate surface area is 149 Å². The van der Waals surface area contributed by atoms with Gasteiger partial charge >= 0.3 is 0 Å². The van der Waals surface area contributed by atoms with E-state index in [1.165, 1.54) is 17.5 Å². The molecule has 1 saturated heterocycles. The summed E-state index contributed by atoms with van der Waals surface area (Å²) in [6, 6.07) is 9.93. The van der Waals surface area contributed by atoms with Crippen molar-refractivity contribution in [3.05, 3.63) is 35.4 Å². The van der Waals surface area contributed by atoms with Crippen LogP contribution in [0.25, 0.3) is 0 Å². The second kappa shape index (κ2) is 7.58. The maximum Gasteiger partial charge on any atom is 0.0594 e. The molecule has 1 aliphatic rings. The molecule has 0 bridgehead atoms. The van der Waals surface area contributed by atoms with Gasteiger partial charge < -0.3 is 4.74 Å². The van der Waals surface area contributed by atoms with Gasteiger partial charge in [0.1, 0.15) is 0 Å². The maximum absolute atomic E-state index is 5.51. The smallest absolute Gasteiger partial charge is 0.0594 e. The summed E-state index contributed by atoms with van der Waals surface area (Å²) in [6.45, 7) is 20.3. The molecule has 1 heterocycles. The topological polar surface area (TPSA) is 12.5 Å². The highest BCUT2D eigenvalue weighted by atomic mass is 16.5. The van der Waals surface area contributed by atoms with E-state index in [1.807, 2.05) is 0 Å². The van der Waals surface area contributed by atoms with Gasteiger partial charge in [-0.15, -0.1) is 0 Å². The molecule has 1 aromatic carbocycles. The lowest BCUT2D eigenvalue weighted by Crippen LogP contribution is -2.50. The van der Waals surface area contributed by atoms with E-state index in [2.05, 4.69) is 77.6 Å². The van der Waals surface area contributed by atoms with E-state index in [9.17, 15) is 0 Å². The van der Waals surface area contributed by atoms with Crippen molar-refractivity contribution in [1.29, 1.82) is 0 Å². The molecular formula is C22H37NO. The molecule has 2 rings (SSSR count). The Morgan fingerprint density at radius 3 is 1.92 bits per heavy atom. The third kappa shape index (κ3) is 4.40. The molecule has 0 N–H and O–H groups in total. The average Bonchev–Trinajstić information content (AvgIpc) is 2.54. The van der Waals surface area contributed by atoms with Crippen LogP contribution in [0.5, 0.6) is 0 Å². The lowest BCUT2D eigenvalue weighted by Gasteiger charge is -2.42. The van der Waals surface area contributed by atoms with Crippen molar-refractivity contribution >= 4 is 0 Å². The SMILES string of the molecule is CC(C)CC(C)(C)c1ccc(C(C)(C)C(C)N2CCOCC2)cc1. The molecule has 0 saturated carbocycles. The zero-order valence-corrected chi connectivity index (χ0v) is 16.9. The van der Waals surface area contributed by atoms with E-state index in [0.717, 1.165) is 32.2 Å². The number of nitrogens with zero attached hydrogens (tertiary/aromatic N) is 1. The summed E-state index contributed by atoms with van der Waals surface area (Å²) < 4.78 is 5.51. The lowest BCUT2D eigenvalue weighted by atomic mass is 9.74. The molecule has 2 nitrogen and oxygen atoms in total. The Morgan fingerprint density at radius 2 is 1.42 bits per heavy atom. The molecule has 0 aromatic heterocycles. The normalized spacial score (nSPS) is 18.8. The molecule has 0 spiro atoms. The molecule has 2 heteroatoms. The van der Waals surface area contributed by atoms with Gasteiger partial charge in [-0.2, -0.15) is 0 Å². The predicted molar refractivity (Wildman–Crippen MR) is 104 cm³/mol. The summed E-state index contributed by atoms with van der Waals surface area (Å²) >= 11 is 0. The first-order valence-corrected chi connectivity index (χ1v) is 9.57. The fourth-order valence-electron chi connectivity index (χ4n) is 4.15. The minimum Gasteiger partial charge on any atom is -0.379 e. The van der Waals surface area contributed by atoms with Crippen LogP contribution in [-0.4, -0.2) is 37.2 Å². The highest BCUT2D eigenvalue weighted by Gasteiger charge is 2.33. The van der Waals surface area contributed by atoms with Gasteiger partial charge in [-0.25, -0.2) is 0 Å². The average molecular weight is 332 g/mol. The van der Waals surface area contributed by atoms with E-state index in [4.69, 9.17) is 4.74 Å². The van der Waals surface area contributed by atoms with Crippen LogP contribution in [-0.2, 0) is 15.6 Å². The molecule has 1 unspecified atom stereocenters. The lowest BCUT2D eigenvalue weighted by molar-refractivity contribution is 0.00536. The fourth-order valence-corrected chi connectivity index (χ4v) is 4.15. The molecule has 0 amide bonds. The predicted octanol–water partition coefficient (Wildman–Crippen LogP) is 5.01. The third-order valence-electron chi connectivity index (χ3n) is 5.97. The van der Waals surface area contributed by atoms with Gasteiger partial charge in [0.15, 0.2) is 0 Å². The van der Waals surface area contributed by atoms with E-state index < -0.39 is 0 Å². The second-order valence-electron chi connectivity index (χ2n) is 9.11. The van der Waals surface area contributed by atoms with Crippen molar-refractivity contribution in [2.24, 2.45) is 5.92 Å². The number of morpholine rings is 1. The van der Waals surface area contributed by atoms with Crippen LogP contribution < -0.4 is 0 Å². The molecule has 24 heavy (non-hydrogen) atoms. The van der Waals surface area contributed by atoms with Crippen molar-refractivity contribution in [1.82, 2.24) is 4.90 Å². The van der Waals surface area contributed by atoms with Gasteiger partial charge in [-0.05, 0) is 35.8 Å². The van der Waals surface area contributed by atoms with Gasteiger partial charge in [-0.3, -0.25) is 4.90 Å². The summed E-state index contributed by atoms with van der Waals surface area (Å²) in [5.41, 5.74) is 3.27. The molecule has 1 aromatic rings. The minimum atomic E-state index is 0.137. The standard InChI is InChI=1S/C22H37NO/c1-17(2)16-21(4,5)19-8-10-20(11-9-19)22(6,7)18(3)23-12-14-24-15-13-23/h8-11,17-18H,12-16H2,1-7H3. The first-order valence-electron chi connectivity index (χ1n) is 9.57. The van der Waals surface area contributed by atoms with Crippen molar-refractivity contribution < 1.29 is 4.74 Å². The second-order valence-corrected chi connectivity index (χ2v) is 9.11. The Balaban J connectivity index is 2.16. The fraction of sp³-hybridized carbons (Fsp3) is 0.727. The van der Waals surface area contributed by atoms with Crippen LogP contribution in [0, 0.1) is 5.92 Å². The van der Waals surface area contributed by atoms with E-state index in [-0.39, 0.29) is 10.8 Å². The summed E-state index contributed by atoms with van der Waals surface area (Å²) in [4.78, 5) is 2.57. The highest BCUT2D eigenvalue weighted by molar-refractivity contribution is 5.33. The Bertz CT molecular complexity index is 509. The number of hydrogen-bond acceptors (Lipinski definition) is 2. The monoisotopic (exact) mass is 331 g/mol. The van der Waals surface area contributed by atoms with Crippen molar-refractivity contribution in [3.63, 3.8) is 0 Å². The van der Waals surface area contributed by atoms with Gasteiger partial charge in [0.05, 0.1) is 13.2 Å². The zero-order chi connectivity index (χ0) is 18.0. The van der Waals surface area contributed by atoms with Gasteiger partial charge in [-0.1, -0.05) is 65.8 Å². The van der Waals surface area contributed by atoms with Crippen LogP contribution >= 0.6 is 0 Å².